The van der Waals surface area contributed by atoms with Gasteiger partial charge in [-0.05, 0) is 30.4 Å². The number of morpholine rings is 1. The lowest BCUT2D eigenvalue weighted by Gasteiger charge is -2.39. The highest BCUT2D eigenvalue weighted by molar-refractivity contribution is 5.83. The molecule has 7 heteroatoms. The average molecular weight is 369 g/mol. The molecule has 2 aromatic rings. The molecule has 0 saturated carbocycles. The van der Waals surface area contributed by atoms with Gasteiger partial charge in [0.25, 0.3) is 0 Å². The van der Waals surface area contributed by atoms with E-state index < -0.39 is 0 Å². The van der Waals surface area contributed by atoms with Gasteiger partial charge in [0.05, 0.1) is 19.5 Å². The van der Waals surface area contributed by atoms with Gasteiger partial charge >= 0.3 is 0 Å². The molecule has 0 unspecified atom stereocenters. The van der Waals surface area contributed by atoms with Gasteiger partial charge in [-0.2, -0.15) is 0 Å². The minimum Gasteiger partial charge on any atom is -0.379 e. The molecule has 4 rings (SSSR count). The third-order valence-corrected chi connectivity index (χ3v) is 5.60. The number of pyridine rings is 1. The van der Waals surface area contributed by atoms with E-state index in [4.69, 9.17) is 4.74 Å². The van der Waals surface area contributed by atoms with Crippen LogP contribution in [0.15, 0.2) is 43.2 Å². The van der Waals surface area contributed by atoms with Gasteiger partial charge in [-0.25, -0.2) is 4.98 Å². The molecule has 1 amide bonds. The molecule has 2 aliphatic heterocycles. The molecule has 4 heterocycles. The second-order valence-electron chi connectivity index (χ2n) is 7.37. The van der Waals surface area contributed by atoms with Gasteiger partial charge in [0.2, 0.25) is 5.91 Å². The number of hydrogen-bond donors (Lipinski definition) is 0. The van der Waals surface area contributed by atoms with Crippen molar-refractivity contribution in [1.29, 1.82) is 0 Å². The van der Waals surface area contributed by atoms with Crippen molar-refractivity contribution in [2.24, 2.45) is 5.92 Å². The van der Waals surface area contributed by atoms with Crippen LogP contribution in [0.3, 0.4) is 0 Å². The quantitative estimate of drug-likeness (QED) is 0.801. The van der Waals surface area contributed by atoms with E-state index in [9.17, 15) is 4.79 Å². The Bertz CT molecular complexity index is 707. The molecule has 1 atom stereocenters. The molecule has 0 radical (unpaired) electrons. The zero-order chi connectivity index (χ0) is 18.5. The fraction of sp³-hybridized carbons (Fsp3) is 0.550. The molecule has 2 fully saturated rings. The second kappa shape index (κ2) is 8.63. The molecule has 7 nitrogen and oxygen atoms in total. The fourth-order valence-electron chi connectivity index (χ4n) is 4.08. The van der Waals surface area contributed by atoms with Crippen LogP contribution in [0, 0.1) is 5.92 Å². The Hall–Kier alpha value is -2.25. The number of ether oxygens (including phenoxy) is 1. The standard InChI is InChI=1S/C20H27N5O2/c26-20(25-7-3-17(4-8-25)15-23-9-6-22-16-23)19(18-2-1-5-21-14-18)24-10-12-27-13-11-24/h1-2,5-6,9,14,16-17,19H,3-4,7-8,10-13,15H2/t19-/m0/s1. The Morgan fingerprint density at radius 2 is 1.96 bits per heavy atom. The predicted octanol–water partition coefficient (Wildman–Crippen LogP) is 1.59. The van der Waals surface area contributed by atoms with Gasteiger partial charge in [0.1, 0.15) is 6.04 Å². The first-order chi connectivity index (χ1) is 13.3. The molecule has 0 aliphatic carbocycles. The molecule has 0 spiro atoms. The summed E-state index contributed by atoms with van der Waals surface area (Å²) in [5, 5.41) is 0. The van der Waals surface area contributed by atoms with Crippen molar-refractivity contribution in [3.05, 3.63) is 48.8 Å². The number of carbonyl (C=O) groups excluding carboxylic acids is 1. The van der Waals surface area contributed by atoms with E-state index in [0.29, 0.717) is 19.1 Å². The van der Waals surface area contributed by atoms with Crippen molar-refractivity contribution in [3.63, 3.8) is 0 Å². The number of nitrogens with zero attached hydrogens (tertiary/aromatic N) is 5. The van der Waals surface area contributed by atoms with E-state index in [2.05, 4.69) is 19.4 Å². The molecule has 0 N–H and O–H groups in total. The SMILES string of the molecule is O=C([C@H](c1cccnc1)N1CCOCC1)N1CCC(Cn2ccnc2)CC1. The van der Waals surface area contributed by atoms with E-state index >= 15 is 0 Å². The lowest BCUT2D eigenvalue weighted by Crippen LogP contribution is -2.49. The number of amides is 1. The summed E-state index contributed by atoms with van der Waals surface area (Å²) in [7, 11) is 0. The van der Waals surface area contributed by atoms with E-state index in [1.54, 1.807) is 6.20 Å². The van der Waals surface area contributed by atoms with Gasteiger partial charge in [0.15, 0.2) is 0 Å². The van der Waals surface area contributed by atoms with Crippen LogP contribution in [0.4, 0.5) is 0 Å². The Morgan fingerprint density at radius 3 is 2.63 bits per heavy atom. The van der Waals surface area contributed by atoms with Crippen LogP contribution in [0.1, 0.15) is 24.4 Å². The number of carbonyl (C=O) groups is 1. The highest BCUT2D eigenvalue weighted by atomic mass is 16.5. The monoisotopic (exact) mass is 369 g/mol. The predicted molar refractivity (Wildman–Crippen MR) is 101 cm³/mol. The third kappa shape index (κ3) is 4.36. The van der Waals surface area contributed by atoms with E-state index in [0.717, 1.165) is 51.1 Å². The van der Waals surface area contributed by atoms with E-state index in [-0.39, 0.29) is 11.9 Å². The first-order valence-electron chi connectivity index (χ1n) is 9.77. The highest BCUT2D eigenvalue weighted by Crippen LogP contribution is 2.27. The van der Waals surface area contributed by atoms with Crippen LogP contribution in [-0.4, -0.2) is 69.6 Å². The normalized spacial score (nSPS) is 20.5. The topological polar surface area (TPSA) is 63.5 Å². The van der Waals surface area contributed by atoms with Crippen molar-refractivity contribution in [1.82, 2.24) is 24.3 Å². The molecule has 0 aromatic carbocycles. The molecule has 2 saturated heterocycles. The summed E-state index contributed by atoms with van der Waals surface area (Å²) in [6.45, 7) is 5.54. The molecule has 2 aliphatic rings. The molecular formula is C20H27N5O2. The van der Waals surface area contributed by atoms with Crippen LogP contribution in [-0.2, 0) is 16.1 Å². The van der Waals surface area contributed by atoms with Gasteiger partial charge < -0.3 is 14.2 Å². The van der Waals surface area contributed by atoms with Gasteiger partial charge in [-0.15, -0.1) is 0 Å². The Balaban J connectivity index is 1.42. The lowest BCUT2D eigenvalue weighted by molar-refractivity contribution is -0.140. The maximum Gasteiger partial charge on any atom is 0.244 e. The van der Waals surface area contributed by atoms with Crippen molar-refractivity contribution >= 4 is 5.91 Å². The van der Waals surface area contributed by atoms with Crippen molar-refractivity contribution in [3.8, 4) is 0 Å². The Labute approximate surface area is 160 Å². The molecular weight excluding hydrogens is 342 g/mol. The van der Waals surface area contributed by atoms with E-state index in [1.165, 1.54) is 0 Å². The van der Waals surface area contributed by atoms with Crippen LogP contribution in [0.2, 0.25) is 0 Å². The third-order valence-electron chi connectivity index (χ3n) is 5.60. The summed E-state index contributed by atoms with van der Waals surface area (Å²) in [5.41, 5.74) is 0.977. The summed E-state index contributed by atoms with van der Waals surface area (Å²) >= 11 is 0. The van der Waals surface area contributed by atoms with Crippen LogP contribution in [0.5, 0.6) is 0 Å². The zero-order valence-electron chi connectivity index (χ0n) is 15.6. The smallest absolute Gasteiger partial charge is 0.244 e. The van der Waals surface area contributed by atoms with Crippen molar-refractivity contribution in [2.45, 2.75) is 25.4 Å². The Kier molecular flexibility index (Phi) is 5.79. The number of rotatable bonds is 5. The summed E-state index contributed by atoms with van der Waals surface area (Å²) in [6, 6.07) is 3.66. The summed E-state index contributed by atoms with van der Waals surface area (Å²) in [6.07, 6.45) is 11.3. The number of piperidine rings is 1. The number of likely N-dealkylation sites (tertiary alicyclic amines) is 1. The van der Waals surface area contributed by atoms with Crippen LogP contribution in [0.25, 0.3) is 0 Å². The average Bonchev–Trinajstić information content (AvgIpc) is 3.23. The van der Waals surface area contributed by atoms with Gasteiger partial charge in [-0.1, -0.05) is 6.07 Å². The molecule has 2 aromatic heterocycles. The first kappa shape index (κ1) is 18.1. The molecule has 144 valence electrons. The molecule has 27 heavy (non-hydrogen) atoms. The van der Waals surface area contributed by atoms with Gasteiger partial charge in [-0.3, -0.25) is 14.7 Å². The fourth-order valence-corrected chi connectivity index (χ4v) is 4.08. The number of imidazole rings is 1. The summed E-state index contributed by atoms with van der Waals surface area (Å²) < 4.78 is 7.62. The largest absolute Gasteiger partial charge is 0.379 e. The van der Waals surface area contributed by atoms with E-state index in [1.807, 2.05) is 42.0 Å². The van der Waals surface area contributed by atoms with Crippen molar-refractivity contribution in [2.75, 3.05) is 39.4 Å². The second-order valence-corrected chi connectivity index (χ2v) is 7.37. The number of hydrogen-bond acceptors (Lipinski definition) is 5. The van der Waals surface area contributed by atoms with Crippen molar-refractivity contribution < 1.29 is 9.53 Å². The van der Waals surface area contributed by atoms with Crippen LogP contribution < -0.4 is 0 Å². The first-order valence-corrected chi connectivity index (χ1v) is 9.77. The Morgan fingerprint density at radius 1 is 1.15 bits per heavy atom. The lowest BCUT2D eigenvalue weighted by atomic mass is 9.95. The maximum absolute atomic E-state index is 13.4. The summed E-state index contributed by atoms with van der Waals surface area (Å²) in [4.78, 5) is 26.1. The van der Waals surface area contributed by atoms with Gasteiger partial charge in [0, 0.05) is 57.5 Å². The minimum absolute atomic E-state index is 0.200. The molecule has 0 bridgehead atoms. The zero-order valence-corrected chi connectivity index (χ0v) is 15.6. The van der Waals surface area contributed by atoms with Crippen LogP contribution >= 0.6 is 0 Å². The number of aromatic nitrogens is 3. The maximum atomic E-state index is 13.4. The summed E-state index contributed by atoms with van der Waals surface area (Å²) in [5.74, 6) is 0.800. The minimum atomic E-state index is -0.257. The highest BCUT2D eigenvalue weighted by Gasteiger charge is 2.34.